The number of halogens is 1. The number of aromatic nitrogens is 1. The number of nitrogens with zero attached hydrogens (tertiary/aromatic N) is 2. The molecule has 4 N–H and O–H groups in total. The van der Waals surface area contributed by atoms with Gasteiger partial charge >= 0.3 is 0 Å². The molecular formula is C14H17FN4OS. The number of nitrogens with one attached hydrogen (secondary N) is 1. The third-order valence-electron chi connectivity index (χ3n) is 3.06. The van der Waals surface area contributed by atoms with Crippen molar-refractivity contribution in [2.45, 2.75) is 26.4 Å². The normalized spacial score (nSPS) is 13.4. The van der Waals surface area contributed by atoms with E-state index in [0.717, 1.165) is 10.7 Å². The smallest absolute Gasteiger partial charge is 0.170 e. The molecule has 0 radical (unpaired) electrons. The second kappa shape index (κ2) is 6.64. The second-order valence-corrected chi connectivity index (χ2v) is 5.61. The van der Waals surface area contributed by atoms with Crippen molar-refractivity contribution >= 4 is 17.2 Å². The molecular weight excluding hydrogens is 291 g/mol. The van der Waals surface area contributed by atoms with Crippen LogP contribution in [0.3, 0.4) is 0 Å². The van der Waals surface area contributed by atoms with Gasteiger partial charge in [-0.15, -0.1) is 11.3 Å². The third-order valence-corrected chi connectivity index (χ3v) is 4.21. The Hall–Kier alpha value is -1.99. The number of amidine groups is 1. The number of oxime groups is 1. The van der Waals surface area contributed by atoms with Crippen LogP contribution in [0.4, 0.5) is 4.39 Å². The fourth-order valence-electron chi connectivity index (χ4n) is 1.83. The van der Waals surface area contributed by atoms with Gasteiger partial charge in [0.2, 0.25) is 0 Å². The van der Waals surface area contributed by atoms with E-state index in [-0.39, 0.29) is 11.9 Å². The van der Waals surface area contributed by atoms with Crippen molar-refractivity contribution in [3.63, 3.8) is 0 Å². The summed E-state index contributed by atoms with van der Waals surface area (Å²) in [5, 5.41) is 17.6. The quantitative estimate of drug-likeness (QED) is 0.343. The molecule has 0 spiro atoms. The molecule has 0 aliphatic carbocycles. The highest BCUT2D eigenvalue weighted by Gasteiger charge is 2.11. The van der Waals surface area contributed by atoms with Gasteiger partial charge in [0.05, 0.1) is 6.04 Å². The van der Waals surface area contributed by atoms with Gasteiger partial charge in [-0.05, 0) is 19.9 Å². The largest absolute Gasteiger partial charge is 0.409 e. The number of benzene rings is 1. The first-order chi connectivity index (χ1) is 10.0. The summed E-state index contributed by atoms with van der Waals surface area (Å²) < 4.78 is 14.0. The third kappa shape index (κ3) is 3.77. The minimum Gasteiger partial charge on any atom is -0.409 e. The molecule has 1 atom stereocenters. The Kier molecular flexibility index (Phi) is 4.87. The zero-order chi connectivity index (χ0) is 15.4. The van der Waals surface area contributed by atoms with E-state index in [9.17, 15) is 4.39 Å². The van der Waals surface area contributed by atoms with E-state index in [0.29, 0.717) is 17.7 Å². The monoisotopic (exact) mass is 308 g/mol. The van der Waals surface area contributed by atoms with Crippen molar-refractivity contribution in [3.8, 4) is 0 Å². The van der Waals surface area contributed by atoms with Crippen LogP contribution < -0.4 is 11.1 Å². The van der Waals surface area contributed by atoms with E-state index in [4.69, 9.17) is 10.9 Å². The molecule has 1 aromatic carbocycles. The fraction of sp³-hybridized carbons (Fsp3) is 0.286. The van der Waals surface area contributed by atoms with Crippen LogP contribution >= 0.6 is 11.3 Å². The molecule has 21 heavy (non-hydrogen) atoms. The van der Waals surface area contributed by atoms with Crippen LogP contribution in [-0.4, -0.2) is 16.0 Å². The number of rotatable bonds is 5. The maximum Gasteiger partial charge on any atom is 0.170 e. The van der Waals surface area contributed by atoms with Gasteiger partial charge in [0.1, 0.15) is 10.8 Å². The van der Waals surface area contributed by atoms with E-state index in [1.54, 1.807) is 23.5 Å². The Labute approximate surface area is 126 Å². The topological polar surface area (TPSA) is 83.5 Å². The van der Waals surface area contributed by atoms with Gasteiger partial charge in [0.15, 0.2) is 5.84 Å². The first kappa shape index (κ1) is 15.4. The van der Waals surface area contributed by atoms with E-state index in [2.05, 4.69) is 15.5 Å². The highest BCUT2D eigenvalue weighted by atomic mass is 32.1. The van der Waals surface area contributed by atoms with Crippen LogP contribution in [0, 0.1) is 12.7 Å². The van der Waals surface area contributed by atoms with E-state index in [1.165, 1.54) is 6.07 Å². The van der Waals surface area contributed by atoms with Crippen molar-refractivity contribution in [3.05, 3.63) is 51.2 Å². The minimum atomic E-state index is -0.394. The van der Waals surface area contributed by atoms with Crippen molar-refractivity contribution in [1.82, 2.24) is 10.3 Å². The summed E-state index contributed by atoms with van der Waals surface area (Å²) in [5.74, 6) is -0.505. The molecule has 1 unspecified atom stereocenters. The SMILES string of the molecule is Cc1csc(C(C)NCc2ccc(C(N)=NO)cc2F)n1. The predicted octanol–water partition coefficient (Wildman–Crippen LogP) is 2.54. The number of thiazole rings is 1. The molecule has 2 aromatic rings. The summed E-state index contributed by atoms with van der Waals surface area (Å²) >= 11 is 1.58. The Morgan fingerprint density at radius 3 is 2.90 bits per heavy atom. The van der Waals surface area contributed by atoms with E-state index >= 15 is 0 Å². The number of nitrogens with two attached hydrogens (primary N) is 1. The number of hydrogen-bond acceptors (Lipinski definition) is 5. The molecule has 0 saturated heterocycles. The Morgan fingerprint density at radius 1 is 1.57 bits per heavy atom. The standard InChI is InChI=1S/C14H17FN4OS/c1-8-7-21-14(18-8)9(2)17-6-11-4-3-10(5-12(11)15)13(16)19-20/h3-5,7,9,17,20H,6H2,1-2H3,(H2,16,19). The molecule has 0 aliphatic heterocycles. The van der Waals surface area contributed by atoms with Crippen molar-refractivity contribution in [1.29, 1.82) is 0 Å². The first-order valence-corrected chi connectivity index (χ1v) is 7.31. The van der Waals surface area contributed by atoms with Crippen LogP contribution in [-0.2, 0) is 6.54 Å². The molecule has 112 valence electrons. The molecule has 7 heteroatoms. The summed E-state index contributed by atoms with van der Waals surface area (Å²) in [5.41, 5.74) is 7.28. The van der Waals surface area contributed by atoms with Crippen LogP contribution in [0.2, 0.25) is 0 Å². The first-order valence-electron chi connectivity index (χ1n) is 6.43. The lowest BCUT2D eigenvalue weighted by molar-refractivity contribution is 0.318. The zero-order valence-electron chi connectivity index (χ0n) is 11.8. The van der Waals surface area contributed by atoms with Crippen molar-refractivity contribution in [2.24, 2.45) is 10.9 Å². The second-order valence-electron chi connectivity index (χ2n) is 4.72. The molecule has 0 aliphatic rings. The number of aryl methyl sites for hydroxylation is 1. The lowest BCUT2D eigenvalue weighted by atomic mass is 10.1. The predicted molar refractivity (Wildman–Crippen MR) is 81.0 cm³/mol. The maximum absolute atomic E-state index is 14.0. The average Bonchev–Trinajstić information content (AvgIpc) is 2.91. The zero-order valence-corrected chi connectivity index (χ0v) is 12.6. The Morgan fingerprint density at radius 2 is 2.33 bits per heavy atom. The Bertz CT molecular complexity index is 656. The van der Waals surface area contributed by atoms with Gasteiger partial charge in [-0.1, -0.05) is 17.3 Å². The summed E-state index contributed by atoms with van der Waals surface area (Å²) in [7, 11) is 0. The van der Waals surface area contributed by atoms with Gasteiger partial charge in [-0.3, -0.25) is 0 Å². The van der Waals surface area contributed by atoms with E-state index < -0.39 is 5.82 Å². The van der Waals surface area contributed by atoms with Crippen LogP contribution in [0.1, 0.15) is 34.8 Å². The van der Waals surface area contributed by atoms with Gasteiger partial charge in [-0.2, -0.15) is 0 Å². The molecule has 2 rings (SSSR count). The molecule has 1 aromatic heterocycles. The minimum absolute atomic E-state index is 0.0480. The lowest BCUT2D eigenvalue weighted by Gasteiger charge is -2.12. The summed E-state index contributed by atoms with van der Waals surface area (Å²) in [6.45, 7) is 4.31. The van der Waals surface area contributed by atoms with Crippen LogP contribution in [0.25, 0.3) is 0 Å². The van der Waals surface area contributed by atoms with Gasteiger partial charge in [0, 0.05) is 28.7 Å². The molecule has 1 heterocycles. The molecule has 0 amide bonds. The summed E-state index contributed by atoms with van der Waals surface area (Å²) in [6.07, 6.45) is 0. The highest BCUT2D eigenvalue weighted by molar-refractivity contribution is 7.09. The molecule has 0 fully saturated rings. The molecule has 0 saturated carbocycles. The summed E-state index contributed by atoms with van der Waals surface area (Å²) in [6, 6.07) is 4.54. The van der Waals surface area contributed by atoms with Gasteiger partial charge in [-0.25, -0.2) is 9.37 Å². The molecule has 5 nitrogen and oxygen atoms in total. The fourth-order valence-corrected chi connectivity index (χ4v) is 2.66. The highest BCUT2D eigenvalue weighted by Crippen LogP contribution is 2.18. The molecule has 0 bridgehead atoms. The van der Waals surface area contributed by atoms with Crippen molar-refractivity contribution < 1.29 is 9.60 Å². The number of hydrogen-bond donors (Lipinski definition) is 3. The lowest BCUT2D eigenvalue weighted by Crippen LogP contribution is -2.19. The van der Waals surface area contributed by atoms with Crippen LogP contribution in [0.15, 0.2) is 28.7 Å². The Balaban J connectivity index is 2.03. The van der Waals surface area contributed by atoms with E-state index in [1.807, 2.05) is 19.2 Å². The van der Waals surface area contributed by atoms with Gasteiger partial charge in [0.25, 0.3) is 0 Å². The maximum atomic E-state index is 14.0. The van der Waals surface area contributed by atoms with Crippen molar-refractivity contribution in [2.75, 3.05) is 0 Å². The van der Waals surface area contributed by atoms with Crippen LogP contribution in [0.5, 0.6) is 0 Å². The summed E-state index contributed by atoms with van der Waals surface area (Å²) in [4.78, 5) is 4.40. The van der Waals surface area contributed by atoms with Gasteiger partial charge < -0.3 is 16.3 Å². The average molecular weight is 308 g/mol.